The second-order valence-electron chi connectivity index (χ2n) is 6.71. The lowest BCUT2D eigenvalue weighted by Crippen LogP contribution is -2.21. The second kappa shape index (κ2) is 9.65. The smallest absolute Gasteiger partial charge is 0.162 e. The Hall–Kier alpha value is -2.74. The molecular formula is C21H28N2O5S. The van der Waals surface area contributed by atoms with Crippen LogP contribution in [-0.4, -0.2) is 39.9 Å². The van der Waals surface area contributed by atoms with Crippen molar-refractivity contribution in [3.05, 3.63) is 47.5 Å². The van der Waals surface area contributed by atoms with Gasteiger partial charge in [-0.15, -0.1) is 0 Å². The summed E-state index contributed by atoms with van der Waals surface area (Å²) in [6.07, 6.45) is 1.57. The Labute approximate surface area is 172 Å². The van der Waals surface area contributed by atoms with Gasteiger partial charge in [0.15, 0.2) is 17.3 Å². The third-order valence-electron chi connectivity index (χ3n) is 4.38. The summed E-state index contributed by atoms with van der Waals surface area (Å²) in [5.74, 6) is 0.952. The van der Waals surface area contributed by atoms with Crippen molar-refractivity contribution in [2.75, 3.05) is 36.8 Å². The van der Waals surface area contributed by atoms with E-state index in [0.717, 1.165) is 0 Å². The molecule has 2 aromatic rings. The number of anilines is 2. The minimum absolute atomic E-state index is 0.00699. The summed E-state index contributed by atoms with van der Waals surface area (Å²) < 4.78 is 35.0. The molecule has 0 bridgehead atoms. The zero-order chi connectivity index (χ0) is 21.6. The fourth-order valence-electron chi connectivity index (χ4n) is 2.96. The average molecular weight is 421 g/mol. The minimum atomic E-state index is -3.30. The standard InChI is InChI=1S/C21H28N2O5S/c1-5-19(24)15-7-9-17(16(22)11-15)23-18(13-29(4,25)26)14-8-10-20(27-3)21(12-14)28-6-2/h7-12,18,23H,5-6,13,22H2,1-4H3/t18-/m1/s1. The molecule has 0 radical (unpaired) electrons. The van der Waals surface area contributed by atoms with E-state index in [4.69, 9.17) is 15.2 Å². The maximum Gasteiger partial charge on any atom is 0.162 e. The summed E-state index contributed by atoms with van der Waals surface area (Å²) in [5, 5.41) is 3.20. The fourth-order valence-corrected chi connectivity index (χ4v) is 3.84. The number of hydrogen-bond acceptors (Lipinski definition) is 7. The molecule has 7 nitrogen and oxygen atoms in total. The molecule has 0 aliphatic heterocycles. The SMILES string of the molecule is CCOc1cc([C@@H](CS(C)(=O)=O)Nc2ccc(C(=O)CC)cc2N)ccc1OC. The molecule has 3 N–H and O–H groups in total. The number of Topliss-reactive ketones (excluding diaryl/α,β-unsaturated/α-hetero) is 1. The zero-order valence-electron chi connectivity index (χ0n) is 17.2. The first-order valence-corrected chi connectivity index (χ1v) is 11.4. The van der Waals surface area contributed by atoms with E-state index in [1.807, 2.05) is 6.92 Å². The van der Waals surface area contributed by atoms with Crippen molar-refractivity contribution in [2.45, 2.75) is 26.3 Å². The number of ether oxygens (including phenoxy) is 2. The molecule has 158 valence electrons. The van der Waals surface area contributed by atoms with Crippen LogP contribution in [-0.2, 0) is 9.84 Å². The fraction of sp³-hybridized carbons (Fsp3) is 0.381. The first-order valence-electron chi connectivity index (χ1n) is 9.36. The maximum absolute atomic E-state index is 12.0. The number of carbonyl (C=O) groups is 1. The van der Waals surface area contributed by atoms with Crippen molar-refractivity contribution in [2.24, 2.45) is 0 Å². The van der Waals surface area contributed by atoms with Crippen molar-refractivity contribution in [1.29, 1.82) is 0 Å². The Morgan fingerprint density at radius 2 is 1.86 bits per heavy atom. The zero-order valence-corrected chi connectivity index (χ0v) is 18.0. The molecule has 29 heavy (non-hydrogen) atoms. The average Bonchev–Trinajstić information content (AvgIpc) is 2.67. The van der Waals surface area contributed by atoms with Gasteiger partial charge in [-0.25, -0.2) is 8.42 Å². The number of carbonyl (C=O) groups excluding carboxylic acids is 1. The van der Waals surface area contributed by atoms with E-state index in [0.29, 0.717) is 47.0 Å². The van der Waals surface area contributed by atoms with E-state index in [9.17, 15) is 13.2 Å². The predicted octanol–water partition coefficient (Wildman–Crippen LogP) is 3.47. The topological polar surface area (TPSA) is 108 Å². The number of ketones is 1. The Morgan fingerprint density at radius 3 is 2.41 bits per heavy atom. The monoisotopic (exact) mass is 420 g/mol. The largest absolute Gasteiger partial charge is 0.493 e. The molecule has 0 unspecified atom stereocenters. The number of rotatable bonds is 10. The molecular weight excluding hydrogens is 392 g/mol. The van der Waals surface area contributed by atoms with Crippen LogP contribution in [0, 0.1) is 0 Å². The van der Waals surface area contributed by atoms with Gasteiger partial charge in [-0.1, -0.05) is 13.0 Å². The first-order chi connectivity index (χ1) is 13.7. The molecule has 0 spiro atoms. The number of hydrogen-bond donors (Lipinski definition) is 2. The van der Waals surface area contributed by atoms with Crippen molar-refractivity contribution in [3.8, 4) is 11.5 Å². The van der Waals surface area contributed by atoms with Gasteiger partial charge in [0.25, 0.3) is 0 Å². The lowest BCUT2D eigenvalue weighted by Gasteiger charge is -2.22. The molecule has 0 heterocycles. The lowest BCUT2D eigenvalue weighted by atomic mass is 10.0. The Bertz CT molecular complexity index is 973. The van der Waals surface area contributed by atoms with Crippen LogP contribution in [0.15, 0.2) is 36.4 Å². The molecule has 0 aliphatic carbocycles. The van der Waals surface area contributed by atoms with Gasteiger partial charge in [-0.2, -0.15) is 0 Å². The number of nitrogens with one attached hydrogen (secondary N) is 1. The summed E-state index contributed by atoms with van der Waals surface area (Å²) in [4.78, 5) is 11.9. The van der Waals surface area contributed by atoms with Crippen molar-refractivity contribution in [3.63, 3.8) is 0 Å². The minimum Gasteiger partial charge on any atom is -0.493 e. The molecule has 0 aliphatic rings. The van der Waals surface area contributed by atoms with Crippen molar-refractivity contribution < 1.29 is 22.7 Å². The van der Waals surface area contributed by atoms with Crippen LogP contribution >= 0.6 is 0 Å². The van der Waals surface area contributed by atoms with Crippen molar-refractivity contribution in [1.82, 2.24) is 0 Å². The van der Waals surface area contributed by atoms with Gasteiger partial charge in [0.2, 0.25) is 0 Å². The molecule has 0 saturated carbocycles. The van der Waals surface area contributed by atoms with Crippen LogP contribution in [0.3, 0.4) is 0 Å². The molecule has 2 rings (SSSR count). The van der Waals surface area contributed by atoms with Gasteiger partial charge in [0.05, 0.1) is 36.9 Å². The van der Waals surface area contributed by atoms with E-state index in [2.05, 4.69) is 5.32 Å². The van der Waals surface area contributed by atoms with Gasteiger partial charge >= 0.3 is 0 Å². The summed E-state index contributed by atoms with van der Waals surface area (Å²) in [6, 6.07) is 9.70. The van der Waals surface area contributed by atoms with E-state index in [1.165, 1.54) is 6.26 Å². The number of nitrogen functional groups attached to an aromatic ring is 1. The van der Waals surface area contributed by atoms with Crippen LogP contribution in [0.5, 0.6) is 11.5 Å². The van der Waals surface area contributed by atoms with Gasteiger partial charge in [0, 0.05) is 18.2 Å². The van der Waals surface area contributed by atoms with E-state index < -0.39 is 15.9 Å². The predicted molar refractivity (Wildman–Crippen MR) is 116 cm³/mol. The normalized spacial score (nSPS) is 12.3. The quantitative estimate of drug-likeness (QED) is 0.447. The molecule has 0 amide bonds. The summed E-state index contributed by atoms with van der Waals surface area (Å²) >= 11 is 0. The molecule has 1 atom stereocenters. The van der Waals surface area contributed by atoms with Gasteiger partial charge in [-0.3, -0.25) is 4.79 Å². The van der Waals surface area contributed by atoms with E-state index >= 15 is 0 Å². The number of benzene rings is 2. The summed E-state index contributed by atoms with van der Waals surface area (Å²) in [5.41, 5.74) is 8.29. The Balaban J connectivity index is 2.42. The van der Waals surface area contributed by atoms with E-state index in [1.54, 1.807) is 50.4 Å². The molecule has 0 saturated heterocycles. The van der Waals surface area contributed by atoms with Crippen LogP contribution in [0.4, 0.5) is 11.4 Å². The van der Waals surface area contributed by atoms with Gasteiger partial charge < -0.3 is 20.5 Å². The Morgan fingerprint density at radius 1 is 1.14 bits per heavy atom. The van der Waals surface area contributed by atoms with Crippen LogP contribution in [0.1, 0.15) is 42.2 Å². The third kappa shape index (κ3) is 6.12. The third-order valence-corrected chi connectivity index (χ3v) is 5.32. The molecule has 0 aromatic heterocycles. The number of sulfone groups is 1. The molecule has 0 fully saturated rings. The van der Waals surface area contributed by atoms with Crippen LogP contribution in [0.2, 0.25) is 0 Å². The van der Waals surface area contributed by atoms with E-state index in [-0.39, 0.29) is 11.5 Å². The number of methoxy groups -OCH3 is 1. The van der Waals surface area contributed by atoms with Crippen molar-refractivity contribution >= 4 is 27.0 Å². The highest BCUT2D eigenvalue weighted by Crippen LogP contribution is 2.33. The summed E-state index contributed by atoms with van der Waals surface area (Å²) in [6.45, 7) is 4.09. The Kier molecular flexibility index (Phi) is 7.50. The maximum atomic E-state index is 12.0. The second-order valence-corrected chi connectivity index (χ2v) is 8.90. The lowest BCUT2D eigenvalue weighted by molar-refractivity contribution is 0.0988. The first kappa shape index (κ1) is 22.5. The highest BCUT2D eigenvalue weighted by molar-refractivity contribution is 7.90. The highest BCUT2D eigenvalue weighted by atomic mass is 32.2. The summed E-state index contributed by atoms with van der Waals surface area (Å²) in [7, 11) is -1.76. The van der Waals surface area contributed by atoms with Crippen LogP contribution in [0.25, 0.3) is 0 Å². The van der Waals surface area contributed by atoms with Crippen LogP contribution < -0.4 is 20.5 Å². The molecule has 8 heteroatoms. The number of nitrogens with two attached hydrogens (primary N) is 1. The highest BCUT2D eigenvalue weighted by Gasteiger charge is 2.21. The molecule has 2 aromatic carbocycles. The van der Waals surface area contributed by atoms with Gasteiger partial charge in [-0.05, 0) is 42.8 Å². The van der Waals surface area contributed by atoms with Gasteiger partial charge in [0.1, 0.15) is 9.84 Å².